The molecule has 0 unspecified atom stereocenters. The smallest absolute Gasteiger partial charge is 0.313 e. The van der Waals surface area contributed by atoms with Gasteiger partial charge in [-0.1, -0.05) is 32.6 Å². The van der Waals surface area contributed by atoms with E-state index in [1.54, 1.807) is 20.8 Å². The van der Waals surface area contributed by atoms with Gasteiger partial charge >= 0.3 is 11.9 Å². The van der Waals surface area contributed by atoms with Gasteiger partial charge < -0.3 is 9.47 Å². The molecule has 1 aliphatic heterocycles. The van der Waals surface area contributed by atoms with Gasteiger partial charge in [0.2, 0.25) is 0 Å². The van der Waals surface area contributed by atoms with E-state index in [-0.39, 0.29) is 18.0 Å². The minimum atomic E-state index is -0.777. The normalized spacial score (nSPS) is 24.5. The van der Waals surface area contributed by atoms with Crippen molar-refractivity contribution in [2.75, 3.05) is 6.61 Å². The molecule has 0 aromatic carbocycles. The number of unbranched alkanes of at least 4 members (excludes halogenated alkanes) is 4. The summed E-state index contributed by atoms with van der Waals surface area (Å²) in [6, 6.07) is 0. The molecule has 1 aliphatic rings. The Hall–Kier alpha value is -1.06. The van der Waals surface area contributed by atoms with Gasteiger partial charge in [-0.15, -0.1) is 0 Å². The summed E-state index contributed by atoms with van der Waals surface area (Å²) in [5.41, 5.74) is -0.777. The van der Waals surface area contributed by atoms with Gasteiger partial charge in [-0.2, -0.15) is 0 Å². The van der Waals surface area contributed by atoms with Crippen molar-refractivity contribution in [1.82, 2.24) is 0 Å². The first-order chi connectivity index (χ1) is 9.45. The molecule has 0 amide bonds. The highest BCUT2D eigenvalue weighted by Gasteiger charge is 2.55. The van der Waals surface area contributed by atoms with E-state index < -0.39 is 11.3 Å². The maximum Gasteiger partial charge on any atom is 0.313 e. The van der Waals surface area contributed by atoms with Crippen LogP contribution in [0.3, 0.4) is 0 Å². The number of hydrogen-bond donors (Lipinski definition) is 0. The molecule has 116 valence electrons. The molecule has 0 aliphatic carbocycles. The number of hydrogen-bond acceptors (Lipinski definition) is 4. The first-order valence-electron chi connectivity index (χ1n) is 7.82. The Balaban J connectivity index is 2.59. The van der Waals surface area contributed by atoms with Crippen molar-refractivity contribution in [3.63, 3.8) is 0 Å². The SMILES string of the molecule is CCCCCCC[C@H]1OC(=O)C(C)(C)[C@H]1C(=O)OCC. The number of ether oxygens (including phenoxy) is 2. The van der Waals surface area contributed by atoms with Crippen molar-refractivity contribution >= 4 is 11.9 Å². The monoisotopic (exact) mass is 284 g/mol. The van der Waals surface area contributed by atoms with Crippen molar-refractivity contribution in [3.8, 4) is 0 Å². The zero-order chi connectivity index (χ0) is 15.2. The Morgan fingerprint density at radius 3 is 2.45 bits per heavy atom. The Kier molecular flexibility index (Phi) is 6.50. The first kappa shape index (κ1) is 17.0. The molecule has 0 aromatic rings. The summed E-state index contributed by atoms with van der Waals surface area (Å²) in [5.74, 6) is -1.06. The maximum atomic E-state index is 12.1. The molecule has 0 bridgehead atoms. The Bertz CT molecular complexity index is 335. The van der Waals surface area contributed by atoms with Crippen LogP contribution in [0.5, 0.6) is 0 Å². The topological polar surface area (TPSA) is 52.6 Å². The van der Waals surface area contributed by atoms with Crippen LogP contribution in [-0.2, 0) is 19.1 Å². The maximum absolute atomic E-state index is 12.1. The minimum Gasteiger partial charge on any atom is -0.466 e. The van der Waals surface area contributed by atoms with Crippen LogP contribution in [0.2, 0.25) is 0 Å². The lowest BCUT2D eigenvalue weighted by atomic mass is 9.77. The minimum absolute atomic E-state index is 0.283. The first-order valence-corrected chi connectivity index (χ1v) is 7.82. The van der Waals surface area contributed by atoms with Crippen LogP contribution in [0.4, 0.5) is 0 Å². The fourth-order valence-corrected chi connectivity index (χ4v) is 2.80. The predicted molar refractivity (Wildman–Crippen MR) is 77.2 cm³/mol. The molecule has 1 saturated heterocycles. The van der Waals surface area contributed by atoms with Gasteiger partial charge in [-0.05, 0) is 33.6 Å². The van der Waals surface area contributed by atoms with Crippen molar-refractivity contribution < 1.29 is 19.1 Å². The van der Waals surface area contributed by atoms with Crippen LogP contribution in [0.1, 0.15) is 66.2 Å². The summed E-state index contributed by atoms with van der Waals surface area (Å²) in [7, 11) is 0. The molecule has 1 heterocycles. The molecule has 20 heavy (non-hydrogen) atoms. The van der Waals surface area contributed by atoms with Crippen molar-refractivity contribution in [1.29, 1.82) is 0 Å². The highest BCUT2D eigenvalue weighted by atomic mass is 16.6. The largest absolute Gasteiger partial charge is 0.466 e. The van der Waals surface area contributed by atoms with Crippen LogP contribution < -0.4 is 0 Å². The molecule has 0 N–H and O–H groups in total. The van der Waals surface area contributed by atoms with Gasteiger partial charge in [0, 0.05) is 0 Å². The van der Waals surface area contributed by atoms with Crippen molar-refractivity contribution in [2.45, 2.75) is 72.3 Å². The van der Waals surface area contributed by atoms with E-state index in [0.29, 0.717) is 6.61 Å². The van der Waals surface area contributed by atoms with Crippen molar-refractivity contribution in [2.24, 2.45) is 11.3 Å². The lowest BCUT2D eigenvalue weighted by Crippen LogP contribution is -2.36. The fraction of sp³-hybridized carbons (Fsp3) is 0.875. The number of cyclic esters (lactones) is 1. The van der Waals surface area contributed by atoms with Gasteiger partial charge in [0.1, 0.15) is 12.0 Å². The molecule has 0 saturated carbocycles. The molecule has 1 fully saturated rings. The third-order valence-electron chi connectivity index (χ3n) is 4.07. The van der Waals surface area contributed by atoms with Crippen LogP contribution in [-0.4, -0.2) is 24.6 Å². The Morgan fingerprint density at radius 1 is 1.20 bits per heavy atom. The Labute approximate surface area is 122 Å². The number of carbonyl (C=O) groups is 2. The van der Waals surface area contributed by atoms with E-state index >= 15 is 0 Å². The number of rotatable bonds is 8. The van der Waals surface area contributed by atoms with Crippen LogP contribution in [0, 0.1) is 11.3 Å². The van der Waals surface area contributed by atoms with E-state index in [4.69, 9.17) is 9.47 Å². The average molecular weight is 284 g/mol. The average Bonchev–Trinajstić information content (AvgIpc) is 2.60. The zero-order valence-corrected chi connectivity index (χ0v) is 13.2. The summed E-state index contributed by atoms with van der Waals surface area (Å²) >= 11 is 0. The molecule has 0 spiro atoms. The second kappa shape index (κ2) is 7.65. The van der Waals surface area contributed by atoms with Gasteiger partial charge in [-0.3, -0.25) is 9.59 Å². The third kappa shape index (κ3) is 3.97. The molecule has 4 heteroatoms. The molecular weight excluding hydrogens is 256 g/mol. The molecule has 0 radical (unpaired) electrons. The summed E-state index contributed by atoms with van der Waals surface area (Å²) < 4.78 is 10.5. The summed E-state index contributed by atoms with van der Waals surface area (Å²) in [4.78, 5) is 24.0. The number of carbonyl (C=O) groups excluding carboxylic acids is 2. The predicted octanol–water partition coefficient (Wildman–Crippen LogP) is 3.48. The Morgan fingerprint density at radius 2 is 1.85 bits per heavy atom. The van der Waals surface area contributed by atoms with E-state index in [9.17, 15) is 9.59 Å². The standard InChI is InChI=1S/C16H28O4/c1-5-7-8-9-10-11-12-13(14(17)19-6-2)16(3,4)15(18)20-12/h12-13H,5-11H2,1-4H3/t12-,13-/m1/s1. The van der Waals surface area contributed by atoms with Crippen molar-refractivity contribution in [3.05, 3.63) is 0 Å². The van der Waals surface area contributed by atoms with Gasteiger partial charge in [-0.25, -0.2) is 0 Å². The zero-order valence-electron chi connectivity index (χ0n) is 13.2. The van der Waals surface area contributed by atoms with E-state index in [0.717, 1.165) is 19.3 Å². The molecule has 1 rings (SSSR count). The second-order valence-electron chi connectivity index (χ2n) is 6.10. The van der Waals surface area contributed by atoms with E-state index in [1.165, 1.54) is 19.3 Å². The fourth-order valence-electron chi connectivity index (χ4n) is 2.80. The summed E-state index contributed by atoms with van der Waals surface area (Å²) in [6.07, 6.45) is 6.18. The van der Waals surface area contributed by atoms with Gasteiger partial charge in [0.05, 0.1) is 12.0 Å². The molecule has 2 atom stereocenters. The van der Waals surface area contributed by atoms with Gasteiger partial charge in [0.15, 0.2) is 0 Å². The highest BCUT2D eigenvalue weighted by Crippen LogP contribution is 2.41. The van der Waals surface area contributed by atoms with Gasteiger partial charge in [0.25, 0.3) is 0 Å². The number of esters is 2. The molecule has 4 nitrogen and oxygen atoms in total. The van der Waals surface area contributed by atoms with Crippen LogP contribution >= 0.6 is 0 Å². The second-order valence-corrected chi connectivity index (χ2v) is 6.10. The quantitative estimate of drug-likeness (QED) is 0.506. The lowest BCUT2D eigenvalue weighted by molar-refractivity contribution is -0.153. The lowest BCUT2D eigenvalue weighted by Gasteiger charge is -2.23. The van der Waals surface area contributed by atoms with E-state index in [2.05, 4.69) is 6.92 Å². The van der Waals surface area contributed by atoms with E-state index in [1.807, 2.05) is 0 Å². The third-order valence-corrected chi connectivity index (χ3v) is 4.07. The summed E-state index contributed by atoms with van der Waals surface area (Å²) in [6.45, 7) is 7.84. The van der Waals surface area contributed by atoms with Crippen LogP contribution in [0.25, 0.3) is 0 Å². The highest BCUT2D eigenvalue weighted by molar-refractivity contribution is 5.88. The van der Waals surface area contributed by atoms with Crippen LogP contribution in [0.15, 0.2) is 0 Å². The summed E-state index contributed by atoms with van der Waals surface area (Å²) in [5, 5.41) is 0. The molecular formula is C16H28O4. The molecule has 0 aromatic heterocycles.